The molecule has 0 aliphatic carbocycles. The first-order valence-electron chi connectivity index (χ1n) is 18.6. The summed E-state index contributed by atoms with van der Waals surface area (Å²) in [5.41, 5.74) is 11.3. The fraction of sp³-hybridized carbons (Fsp3) is 0. The Kier molecular flexibility index (Phi) is 7.38. The summed E-state index contributed by atoms with van der Waals surface area (Å²) in [6, 6.07) is 64.4. The highest BCUT2D eigenvalue weighted by Crippen LogP contribution is 2.40. The lowest BCUT2D eigenvalue weighted by atomic mass is 9.99. The first-order valence-corrected chi connectivity index (χ1v) is 18.6. The number of furan rings is 1. The third-order valence-electron chi connectivity index (χ3n) is 10.5. The minimum Gasteiger partial charge on any atom is -0.454 e. The Morgan fingerprint density at radius 2 is 0.929 bits per heavy atom. The molecule has 0 bridgehead atoms. The second kappa shape index (κ2) is 13.0. The molecule has 262 valence electrons. The maximum absolute atomic E-state index is 6.64. The minimum absolute atomic E-state index is 0.508. The maximum atomic E-state index is 6.64. The SMILES string of the molecule is c1ccc(-c2cc(-c3ccccc3)nc(-c3cccc(-c4nc(-c5ccccc5)nc(-n5c6ccccc6c6ccc7c8ccccc8oc7c65)n4)c3)c2)cc1. The fourth-order valence-electron chi connectivity index (χ4n) is 7.80. The molecule has 0 fully saturated rings. The number of hydrogen-bond donors (Lipinski definition) is 0. The maximum Gasteiger partial charge on any atom is 0.238 e. The van der Waals surface area contributed by atoms with E-state index in [1.807, 2.05) is 78.9 Å². The van der Waals surface area contributed by atoms with Crippen LogP contribution in [0.2, 0.25) is 0 Å². The van der Waals surface area contributed by atoms with Gasteiger partial charge in [-0.3, -0.25) is 4.57 Å². The molecule has 0 radical (unpaired) electrons. The van der Waals surface area contributed by atoms with Gasteiger partial charge in [0.25, 0.3) is 0 Å². The number of aromatic nitrogens is 5. The molecule has 0 amide bonds. The highest BCUT2D eigenvalue weighted by atomic mass is 16.3. The lowest BCUT2D eigenvalue weighted by Gasteiger charge is -2.13. The lowest BCUT2D eigenvalue weighted by molar-refractivity contribution is 0.670. The summed E-state index contributed by atoms with van der Waals surface area (Å²) in [4.78, 5) is 20.8. The number of rotatable bonds is 6. The largest absolute Gasteiger partial charge is 0.454 e. The Labute approximate surface area is 322 Å². The zero-order valence-corrected chi connectivity index (χ0v) is 30.0. The van der Waals surface area contributed by atoms with Crippen molar-refractivity contribution >= 4 is 43.7 Å². The first kappa shape index (κ1) is 31.8. The molecular weight excluding hydrogens is 687 g/mol. The smallest absolute Gasteiger partial charge is 0.238 e. The van der Waals surface area contributed by atoms with Crippen LogP contribution in [0.4, 0.5) is 0 Å². The highest BCUT2D eigenvalue weighted by Gasteiger charge is 2.22. The molecule has 0 saturated heterocycles. The van der Waals surface area contributed by atoms with E-state index in [4.69, 9.17) is 24.4 Å². The molecule has 11 aromatic rings. The summed E-state index contributed by atoms with van der Waals surface area (Å²) >= 11 is 0. The zero-order valence-electron chi connectivity index (χ0n) is 30.0. The lowest BCUT2D eigenvalue weighted by Crippen LogP contribution is -2.06. The van der Waals surface area contributed by atoms with Crippen molar-refractivity contribution in [1.29, 1.82) is 0 Å². The molecule has 0 spiro atoms. The van der Waals surface area contributed by atoms with E-state index in [2.05, 4.69) is 114 Å². The predicted molar refractivity (Wildman–Crippen MR) is 226 cm³/mol. The normalized spacial score (nSPS) is 11.6. The van der Waals surface area contributed by atoms with Gasteiger partial charge in [-0.15, -0.1) is 0 Å². The van der Waals surface area contributed by atoms with Gasteiger partial charge in [-0.05, 0) is 47.5 Å². The number of hydrogen-bond acceptors (Lipinski definition) is 5. The molecule has 0 aliphatic rings. The summed E-state index contributed by atoms with van der Waals surface area (Å²) in [5.74, 6) is 1.64. The Morgan fingerprint density at radius 3 is 1.70 bits per heavy atom. The molecule has 0 atom stereocenters. The van der Waals surface area contributed by atoms with Gasteiger partial charge < -0.3 is 4.42 Å². The van der Waals surface area contributed by atoms with Gasteiger partial charge in [-0.2, -0.15) is 9.97 Å². The standard InChI is InChI=1S/C50H31N5O/c1-4-15-32(16-5-1)37-30-42(33-17-6-2-7-18-33)51-43(31-37)35-21-14-22-36(29-35)49-52-48(34-19-8-3-9-20-34)53-50(54-49)55-44-25-12-10-23-38(44)40-27-28-41-39-24-11-13-26-45(39)56-47(41)46(40)55/h1-31H. The molecule has 6 nitrogen and oxygen atoms in total. The van der Waals surface area contributed by atoms with Gasteiger partial charge in [0.1, 0.15) is 11.1 Å². The number of para-hydroxylation sites is 2. The Morgan fingerprint density at radius 1 is 0.357 bits per heavy atom. The number of nitrogens with zero attached hydrogens (tertiary/aromatic N) is 5. The summed E-state index contributed by atoms with van der Waals surface area (Å²) in [7, 11) is 0. The number of fused-ring (bicyclic) bond motifs is 7. The van der Waals surface area contributed by atoms with E-state index in [9.17, 15) is 0 Å². The van der Waals surface area contributed by atoms with Crippen LogP contribution in [0.3, 0.4) is 0 Å². The van der Waals surface area contributed by atoms with Gasteiger partial charge in [0.15, 0.2) is 17.2 Å². The average molecular weight is 718 g/mol. The average Bonchev–Trinajstić information content (AvgIpc) is 3.83. The number of pyridine rings is 1. The minimum atomic E-state index is 0.508. The van der Waals surface area contributed by atoms with Crippen LogP contribution in [0.5, 0.6) is 0 Å². The van der Waals surface area contributed by atoms with Crippen LogP contribution in [0.1, 0.15) is 0 Å². The zero-order chi connectivity index (χ0) is 37.0. The van der Waals surface area contributed by atoms with Crippen LogP contribution in [-0.2, 0) is 0 Å². The van der Waals surface area contributed by atoms with Crippen molar-refractivity contribution in [3.05, 3.63) is 188 Å². The molecule has 56 heavy (non-hydrogen) atoms. The molecule has 4 heterocycles. The fourth-order valence-corrected chi connectivity index (χ4v) is 7.80. The van der Waals surface area contributed by atoms with Gasteiger partial charge in [0, 0.05) is 43.8 Å². The van der Waals surface area contributed by atoms with Crippen LogP contribution < -0.4 is 0 Å². The van der Waals surface area contributed by atoms with Crippen molar-refractivity contribution in [2.75, 3.05) is 0 Å². The second-order valence-corrected chi connectivity index (χ2v) is 13.9. The van der Waals surface area contributed by atoms with Gasteiger partial charge in [-0.25, -0.2) is 9.97 Å². The van der Waals surface area contributed by atoms with Gasteiger partial charge in [0.2, 0.25) is 5.95 Å². The summed E-state index contributed by atoms with van der Waals surface area (Å²) in [6.07, 6.45) is 0. The van der Waals surface area contributed by atoms with Crippen molar-refractivity contribution in [3.8, 4) is 62.4 Å². The predicted octanol–water partition coefficient (Wildman–Crippen LogP) is 12.6. The molecule has 0 N–H and O–H groups in total. The van der Waals surface area contributed by atoms with E-state index in [0.29, 0.717) is 17.6 Å². The topological polar surface area (TPSA) is 69.6 Å². The Hall–Kier alpha value is -7.70. The van der Waals surface area contributed by atoms with Gasteiger partial charge in [-0.1, -0.05) is 152 Å². The van der Waals surface area contributed by atoms with E-state index < -0.39 is 0 Å². The van der Waals surface area contributed by atoms with Crippen LogP contribution >= 0.6 is 0 Å². The summed E-state index contributed by atoms with van der Waals surface area (Å²) < 4.78 is 8.77. The van der Waals surface area contributed by atoms with Crippen LogP contribution in [0.25, 0.3) is 106 Å². The molecule has 0 unspecified atom stereocenters. The van der Waals surface area contributed by atoms with Crippen LogP contribution in [0.15, 0.2) is 192 Å². The summed E-state index contributed by atoms with van der Waals surface area (Å²) in [6.45, 7) is 0. The Balaban J connectivity index is 1.14. The number of benzene rings is 7. The van der Waals surface area contributed by atoms with Crippen molar-refractivity contribution < 1.29 is 4.42 Å². The van der Waals surface area contributed by atoms with E-state index in [0.717, 1.165) is 88.5 Å². The van der Waals surface area contributed by atoms with Crippen molar-refractivity contribution in [1.82, 2.24) is 24.5 Å². The van der Waals surface area contributed by atoms with Crippen LogP contribution in [-0.4, -0.2) is 24.5 Å². The van der Waals surface area contributed by atoms with Gasteiger partial charge in [0.05, 0.1) is 16.9 Å². The monoisotopic (exact) mass is 717 g/mol. The molecule has 7 aromatic carbocycles. The first-order chi connectivity index (χ1) is 27.7. The van der Waals surface area contributed by atoms with Crippen molar-refractivity contribution in [2.24, 2.45) is 0 Å². The third-order valence-corrected chi connectivity index (χ3v) is 10.5. The highest BCUT2D eigenvalue weighted by molar-refractivity contribution is 6.21. The molecular formula is C50H31N5O. The third kappa shape index (κ3) is 5.35. The second-order valence-electron chi connectivity index (χ2n) is 13.9. The molecule has 11 rings (SSSR count). The van der Waals surface area contributed by atoms with Crippen molar-refractivity contribution in [2.45, 2.75) is 0 Å². The van der Waals surface area contributed by atoms with E-state index in [-0.39, 0.29) is 0 Å². The molecule has 4 aromatic heterocycles. The quantitative estimate of drug-likeness (QED) is 0.171. The van der Waals surface area contributed by atoms with Crippen LogP contribution in [0, 0.1) is 0 Å². The van der Waals surface area contributed by atoms with E-state index in [1.165, 1.54) is 0 Å². The molecule has 0 saturated carbocycles. The van der Waals surface area contributed by atoms with E-state index in [1.54, 1.807) is 0 Å². The van der Waals surface area contributed by atoms with E-state index >= 15 is 0 Å². The van der Waals surface area contributed by atoms with Crippen molar-refractivity contribution in [3.63, 3.8) is 0 Å². The van der Waals surface area contributed by atoms with Gasteiger partial charge >= 0.3 is 0 Å². The molecule has 0 aliphatic heterocycles. The Bertz CT molecular complexity index is 3190. The molecule has 6 heteroatoms. The summed E-state index contributed by atoms with van der Waals surface area (Å²) in [5, 5.41) is 4.27.